The lowest BCUT2D eigenvalue weighted by Gasteiger charge is -2.09. The highest BCUT2D eigenvalue weighted by Gasteiger charge is 2.30. The largest absolute Gasteiger partial charge is 0.416 e. The molecule has 1 N–H and O–H groups in total. The summed E-state index contributed by atoms with van der Waals surface area (Å²) in [6.45, 7) is 0.306. The third-order valence-corrected chi connectivity index (χ3v) is 2.44. The molecule has 0 radical (unpaired) electrons. The Balaban J connectivity index is 2.06. The van der Waals surface area contributed by atoms with Gasteiger partial charge in [0.1, 0.15) is 5.82 Å². The summed E-state index contributed by atoms with van der Waals surface area (Å²) in [6.07, 6.45) is -2.55. The Hall–Kier alpha value is -1.98. The Morgan fingerprint density at radius 3 is 2.67 bits per heavy atom. The smallest absolute Gasteiger partial charge is 0.365 e. The number of aryl methyl sites for hydroxylation is 1. The normalized spacial score (nSPS) is 11.6. The van der Waals surface area contributed by atoms with Gasteiger partial charge in [0.2, 0.25) is 0 Å². The second-order valence-electron chi connectivity index (χ2n) is 3.93. The fourth-order valence-electron chi connectivity index (χ4n) is 1.56. The number of benzene rings is 1. The molecule has 0 bridgehead atoms. The molecule has 6 heteroatoms. The molecule has 0 saturated carbocycles. The standard InChI is InChI=1S/C12H12F3N3/c1-18-6-5-11(17-18)16-8-9-3-2-4-10(7-9)12(13,14)15/h2-7H,8H2,1H3,(H,16,17). The molecule has 0 aliphatic rings. The third kappa shape index (κ3) is 3.03. The summed E-state index contributed by atoms with van der Waals surface area (Å²) in [4.78, 5) is 0. The van der Waals surface area contributed by atoms with E-state index in [1.54, 1.807) is 30.1 Å². The first-order valence-corrected chi connectivity index (χ1v) is 5.35. The molecule has 0 aliphatic heterocycles. The molecule has 18 heavy (non-hydrogen) atoms. The zero-order valence-corrected chi connectivity index (χ0v) is 9.70. The highest BCUT2D eigenvalue weighted by molar-refractivity contribution is 5.35. The van der Waals surface area contributed by atoms with Gasteiger partial charge < -0.3 is 5.32 Å². The minimum absolute atomic E-state index is 0.306. The Kier molecular flexibility index (Phi) is 3.27. The number of nitrogens with one attached hydrogen (secondary N) is 1. The maximum absolute atomic E-state index is 12.5. The van der Waals surface area contributed by atoms with Gasteiger partial charge in [0.15, 0.2) is 0 Å². The van der Waals surface area contributed by atoms with Crippen molar-refractivity contribution in [3.05, 3.63) is 47.7 Å². The van der Waals surface area contributed by atoms with E-state index in [0.29, 0.717) is 17.9 Å². The number of anilines is 1. The topological polar surface area (TPSA) is 29.9 Å². The predicted molar refractivity (Wildman–Crippen MR) is 62.0 cm³/mol. The van der Waals surface area contributed by atoms with Crippen LogP contribution in [0.5, 0.6) is 0 Å². The molecular weight excluding hydrogens is 243 g/mol. The average molecular weight is 255 g/mol. The molecule has 1 heterocycles. The van der Waals surface area contributed by atoms with Crippen LogP contribution in [0.2, 0.25) is 0 Å². The van der Waals surface area contributed by atoms with E-state index in [-0.39, 0.29) is 0 Å². The van der Waals surface area contributed by atoms with Crippen molar-refractivity contribution < 1.29 is 13.2 Å². The summed E-state index contributed by atoms with van der Waals surface area (Å²) in [5.41, 5.74) is -0.0710. The Labute approximate surface area is 102 Å². The molecule has 0 saturated heterocycles. The van der Waals surface area contributed by atoms with E-state index < -0.39 is 11.7 Å². The van der Waals surface area contributed by atoms with Gasteiger partial charge in [0.05, 0.1) is 5.56 Å². The van der Waals surface area contributed by atoms with Gasteiger partial charge >= 0.3 is 6.18 Å². The summed E-state index contributed by atoms with van der Waals surface area (Å²) in [6, 6.07) is 7.00. The fourth-order valence-corrected chi connectivity index (χ4v) is 1.56. The van der Waals surface area contributed by atoms with Crippen LogP contribution in [0.1, 0.15) is 11.1 Å². The van der Waals surface area contributed by atoms with Crippen LogP contribution >= 0.6 is 0 Å². The number of hydrogen-bond acceptors (Lipinski definition) is 2. The summed E-state index contributed by atoms with van der Waals surface area (Å²) >= 11 is 0. The fraction of sp³-hybridized carbons (Fsp3) is 0.250. The minimum Gasteiger partial charge on any atom is -0.365 e. The second kappa shape index (κ2) is 4.72. The van der Waals surface area contributed by atoms with Crippen LogP contribution in [0.15, 0.2) is 36.5 Å². The first-order chi connectivity index (χ1) is 8.45. The van der Waals surface area contributed by atoms with Crippen LogP contribution in [0.25, 0.3) is 0 Å². The number of aromatic nitrogens is 2. The highest BCUT2D eigenvalue weighted by Crippen LogP contribution is 2.29. The lowest BCUT2D eigenvalue weighted by atomic mass is 10.1. The van der Waals surface area contributed by atoms with Gasteiger partial charge in [-0.05, 0) is 17.7 Å². The van der Waals surface area contributed by atoms with Crippen LogP contribution in [-0.4, -0.2) is 9.78 Å². The molecule has 0 unspecified atom stereocenters. The van der Waals surface area contributed by atoms with Crippen molar-refractivity contribution in [2.75, 3.05) is 5.32 Å². The van der Waals surface area contributed by atoms with Gasteiger partial charge in [0.25, 0.3) is 0 Å². The van der Waals surface area contributed by atoms with Gasteiger partial charge in [-0.25, -0.2) is 0 Å². The van der Waals surface area contributed by atoms with E-state index in [1.165, 1.54) is 6.07 Å². The molecule has 0 fully saturated rings. The maximum atomic E-state index is 12.5. The third-order valence-electron chi connectivity index (χ3n) is 2.44. The van der Waals surface area contributed by atoms with Crippen LogP contribution in [0.3, 0.4) is 0 Å². The van der Waals surface area contributed by atoms with Crippen molar-refractivity contribution in [1.82, 2.24) is 9.78 Å². The second-order valence-corrected chi connectivity index (χ2v) is 3.93. The zero-order chi connectivity index (χ0) is 13.2. The van der Waals surface area contributed by atoms with Crippen LogP contribution < -0.4 is 5.32 Å². The Morgan fingerprint density at radius 1 is 1.28 bits per heavy atom. The van der Waals surface area contributed by atoms with E-state index in [9.17, 15) is 13.2 Å². The molecule has 2 rings (SSSR count). The van der Waals surface area contributed by atoms with Gasteiger partial charge in [-0.2, -0.15) is 18.3 Å². The number of rotatable bonds is 3. The molecule has 1 aromatic heterocycles. The minimum atomic E-state index is -4.30. The van der Waals surface area contributed by atoms with Crippen molar-refractivity contribution in [2.45, 2.75) is 12.7 Å². The maximum Gasteiger partial charge on any atom is 0.416 e. The van der Waals surface area contributed by atoms with E-state index in [2.05, 4.69) is 10.4 Å². The van der Waals surface area contributed by atoms with Crippen molar-refractivity contribution in [1.29, 1.82) is 0 Å². The summed E-state index contributed by atoms with van der Waals surface area (Å²) in [5.74, 6) is 0.634. The van der Waals surface area contributed by atoms with Crippen LogP contribution in [0.4, 0.5) is 19.0 Å². The average Bonchev–Trinajstić information content (AvgIpc) is 2.72. The van der Waals surface area contributed by atoms with Gasteiger partial charge in [-0.3, -0.25) is 4.68 Å². The van der Waals surface area contributed by atoms with Crippen molar-refractivity contribution >= 4 is 5.82 Å². The lowest BCUT2D eigenvalue weighted by Crippen LogP contribution is -2.07. The lowest BCUT2D eigenvalue weighted by molar-refractivity contribution is -0.137. The van der Waals surface area contributed by atoms with E-state index in [1.807, 2.05) is 0 Å². The van der Waals surface area contributed by atoms with Crippen molar-refractivity contribution in [2.24, 2.45) is 7.05 Å². The van der Waals surface area contributed by atoms with Crippen molar-refractivity contribution in [3.63, 3.8) is 0 Å². The first-order valence-electron chi connectivity index (χ1n) is 5.35. The van der Waals surface area contributed by atoms with Gasteiger partial charge in [-0.15, -0.1) is 0 Å². The first kappa shape index (κ1) is 12.5. The quantitative estimate of drug-likeness (QED) is 0.913. The summed E-state index contributed by atoms with van der Waals surface area (Å²) < 4.78 is 39.1. The van der Waals surface area contributed by atoms with Gasteiger partial charge in [0, 0.05) is 25.9 Å². The predicted octanol–water partition coefficient (Wildman–Crippen LogP) is 3.05. The van der Waals surface area contributed by atoms with E-state index >= 15 is 0 Å². The molecule has 96 valence electrons. The number of halogens is 3. The summed E-state index contributed by atoms with van der Waals surface area (Å²) in [5, 5.41) is 7.04. The van der Waals surface area contributed by atoms with E-state index in [0.717, 1.165) is 12.1 Å². The van der Waals surface area contributed by atoms with Crippen LogP contribution in [0, 0.1) is 0 Å². The Morgan fingerprint density at radius 2 is 2.06 bits per heavy atom. The summed E-state index contributed by atoms with van der Waals surface area (Å²) in [7, 11) is 1.77. The Bertz CT molecular complexity index is 531. The number of nitrogens with zero attached hydrogens (tertiary/aromatic N) is 2. The monoisotopic (exact) mass is 255 g/mol. The molecular formula is C12H12F3N3. The molecule has 2 aromatic rings. The molecule has 3 nitrogen and oxygen atoms in total. The highest BCUT2D eigenvalue weighted by atomic mass is 19.4. The molecule has 0 spiro atoms. The molecule has 0 amide bonds. The van der Waals surface area contributed by atoms with Crippen LogP contribution in [-0.2, 0) is 19.8 Å². The zero-order valence-electron chi connectivity index (χ0n) is 9.70. The van der Waals surface area contributed by atoms with Crippen molar-refractivity contribution in [3.8, 4) is 0 Å². The molecule has 0 atom stereocenters. The SMILES string of the molecule is Cn1ccc(NCc2cccc(C(F)(F)F)c2)n1. The number of hydrogen-bond donors (Lipinski definition) is 1. The molecule has 1 aromatic carbocycles. The molecule has 0 aliphatic carbocycles. The van der Waals surface area contributed by atoms with Gasteiger partial charge in [-0.1, -0.05) is 12.1 Å². The van der Waals surface area contributed by atoms with E-state index in [4.69, 9.17) is 0 Å². The number of alkyl halides is 3.